The molecule has 3 nitrogen and oxygen atoms in total. The second-order valence-electron chi connectivity index (χ2n) is 1.76. The molecule has 8 heavy (non-hydrogen) atoms. The van der Waals surface area contributed by atoms with Crippen LogP contribution < -0.4 is 5.73 Å². The summed E-state index contributed by atoms with van der Waals surface area (Å²) in [5.74, 6) is 0. The molecule has 0 aliphatic heterocycles. The maximum absolute atomic E-state index is 9.57. The summed E-state index contributed by atoms with van der Waals surface area (Å²) in [4.78, 5) is 9.57. The van der Waals surface area contributed by atoms with E-state index in [9.17, 15) is 4.91 Å². The quantitative estimate of drug-likeness (QED) is 0.513. The van der Waals surface area contributed by atoms with E-state index in [1.807, 2.05) is 6.92 Å². The first kappa shape index (κ1) is 7.56. The Bertz CT molecular complexity index is 65.4. The second kappa shape index (κ2) is 4.71. The first-order valence-corrected chi connectivity index (χ1v) is 2.84. The van der Waals surface area contributed by atoms with E-state index in [1.54, 1.807) is 0 Å². The van der Waals surface area contributed by atoms with Crippen LogP contribution in [0.4, 0.5) is 0 Å². The Hall–Kier alpha value is -0.440. The smallest absolute Gasteiger partial charge is 0.154 e. The lowest BCUT2D eigenvalue weighted by Gasteiger charge is -1.95. The number of unbranched alkanes of at least 4 members (excludes halogenated alkanes) is 1. The molecule has 0 saturated heterocycles. The minimum atomic E-state index is -0.727. The monoisotopic (exact) mass is 115 g/mol. The van der Waals surface area contributed by atoms with Crippen LogP contribution in [-0.4, -0.2) is 6.17 Å². The molecular formula is C5H11N2O. The fraction of sp³-hybridized carbons (Fsp3) is 1.00. The Kier molecular flexibility index (Phi) is 4.45. The highest BCUT2D eigenvalue weighted by molar-refractivity contribution is 4.53. The normalized spacial score (nSPS) is 13.2. The van der Waals surface area contributed by atoms with Gasteiger partial charge in [-0.15, -0.1) is 4.91 Å². The zero-order valence-electron chi connectivity index (χ0n) is 5.05. The molecule has 0 fully saturated rings. The zero-order valence-corrected chi connectivity index (χ0v) is 5.05. The molecule has 1 radical (unpaired) electrons. The molecule has 0 spiro atoms. The topological polar surface area (TPSA) is 53.2 Å². The van der Waals surface area contributed by atoms with Gasteiger partial charge in [-0.1, -0.05) is 19.8 Å². The van der Waals surface area contributed by atoms with Gasteiger partial charge < -0.3 is 0 Å². The van der Waals surface area contributed by atoms with Gasteiger partial charge in [0, 0.05) is 0 Å². The Morgan fingerprint density at radius 1 is 1.75 bits per heavy atom. The summed E-state index contributed by atoms with van der Waals surface area (Å²) in [6.07, 6.45) is 1.85. The van der Waals surface area contributed by atoms with Crippen LogP contribution in [0.1, 0.15) is 26.2 Å². The molecule has 47 valence electrons. The molecule has 0 aromatic heterocycles. The number of hydrogen-bond acceptors (Lipinski definition) is 2. The van der Waals surface area contributed by atoms with Crippen molar-refractivity contribution < 1.29 is 0 Å². The van der Waals surface area contributed by atoms with Crippen molar-refractivity contribution in [1.82, 2.24) is 5.73 Å². The van der Waals surface area contributed by atoms with Gasteiger partial charge in [-0.25, -0.2) is 5.73 Å². The molecule has 1 N–H and O–H groups in total. The van der Waals surface area contributed by atoms with E-state index in [0.717, 1.165) is 12.8 Å². The Balaban J connectivity index is 2.98. The molecule has 0 rings (SSSR count). The summed E-state index contributed by atoms with van der Waals surface area (Å²) in [6.45, 7) is 2.03. The summed E-state index contributed by atoms with van der Waals surface area (Å²) < 4.78 is 0. The molecule has 0 aromatic rings. The van der Waals surface area contributed by atoms with Gasteiger partial charge in [-0.3, -0.25) is 0 Å². The Morgan fingerprint density at radius 2 is 2.38 bits per heavy atom. The van der Waals surface area contributed by atoms with Crippen molar-refractivity contribution in [3.8, 4) is 0 Å². The summed E-state index contributed by atoms with van der Waals surface area (Å²) in [6, 6.07) is 0. The van der Waals surface area contributed by atoms with Crippen molar-refractivity contribution in [1.29, 1.82) is 0 Å². The Labute approximate surface area is 49.2 Å². The molecule has 1 atom stereocenters. The molecule has 0 aliphatic carbocycles. The average Bonchev–Trinajstić information content (AvgIpc) is 1.83. The minimum Gasteiger partial charge on any atom is -0.229 e. The Morgan fingerprint density at radius 3 is 2.75 bits per heavy atom. The van der Waals surface area contributed by atoms with E-state index in [-0.39, 0.29) is 0 Å². The van der Waals surface area contributed by atoms with E-state index < -0.39 is 6.17 Å². The van der Waals surface area contributed by atoms with E-state index >= 15 is 0 Å². The van der Waals surface area contributed by atoms with Gasteiger partial charge in [0.1, 0.15) is 0 Å². The van der Waals surface area contributed by atoms with Crippen molar-refractivity contribution in [3.63, 3.8) is 0 Å². The van der Waals surface area contributed by atoms with Gasteiger partial charge in [-0.05, 0) is 11.6 Å². The van der Waals surface area contributed by atoms with Crippen molar-refractivity contribution in [2.45, 2.75) is 32.4 Å². The number of nitrogens with one attached hydrogen (secondary N) is 1. The SMILES string of the molecule is CCCCC([NH])N=O. The highest BCUT2D eigenvalue weighted by Gasteiger charge is 1.97. The number of nitrogens with zero attached hydrogens (tertiary/aromatic N) is 1. The summed E-state index contributed by atoms with van der Waals surface area (Å²) in [5.41, 5.74) is 6.84. The lowest BCUT2D eigenvalue weighted by atomic mass is 10.2. The fourth-order valence-electron chi connectivity index (χ4n) is 0.450. The largest absolute Gasteiger partial charge is 0.229 e. The highest BCUT2D eigenvalue weighted by Crippen LogP contribution is 1.98. The molecule has 1 unspecified atom stereocenters. The minimum absolute atomic E-state index is 0.611. The van der Waals surface area contributed by atoms with Crippen molar-refractivity contribution in [2.75, 3.05) is 0 Å². The molecule has 0 amide bonds. The predicted molar refractivity (Wildman–Crippen MR) is 32.2 cm³/mol. The predicted octanol–water partition coefficient (Wildman–Crippen LogP) is 1.55. The van der Waals surface area contributed by atoms with Crippen molar-refractivity contribution in [2.24, 2.45) is 5.18 Å². The molecule has 0 saturated carbocycles. The van der Waals surface area contributed by atoms with Gasteiger partial charge in [-0.2, -0.15) is 0 Å². The van der Waals surface area contributed by atoms with Crippen molar-refractivity contribution >= 4 is 0 Å². The maximum Gasteiger partial charge on any atom is 0.154 e. The van der Waals surface area contributed by atoms with E-state index in [0.29, 0.717) is 6.42 Å². The zero-order chi connectivity index (χ0) is 6.41. The number of nitroso groups, excluding NO2 is 1. The van der Waals surface area contributed by atoms with Crippen molar-refractivity contribution in [3.05, 3.63) is 4.91 Å². The highest BCUT2D eigenvalue weighted by atomic mass is 16.3. The second-order valence-corrected chi connectivity index (χ2v) is 1.76. The van der Waals surface area contributed by atoms with Crippen LogP contribution in [0.15, 0.2) is 5.18 Å². The van der Waals surface area contributed by atoms with Crippen LogP contribution in [0, 0.1) is 4.91 Å². The van der Waals surface area contributed by atoms with Crippen LogP contribution >= 0.6 is 0 Å². The first-order valence-electron chi connectivity index (χ1n) is 2.84. The van der Waals surface area contributed by atoms with Crippen LogP contribution in [-0.2, 0) is 0 Å². The standard InChI is InChI=1S/C5H11N2O/c1-2-3-4-5(6)7-8/h5-6H,2-4H2,1H3. The molecule has 0 bridgehead atoms. The summed E-state index contributed by atoms with van der Waals surface area (Å²) >= 11 is 0. The first-order chi connectivity index (χ1) is 3.81. The molecule has 0 heterocycles. The third kappa shape index (κ3) is 3.74. The summed E-state index contributed by atoms with van der Waals surface area (Å²) in [7, 11) is 0. The number of rotatable bonds is 4. The summed E-state index contributed by atoms with van der Waals surface area (Å²) in [5, 5.41) is 2.54. The lowest BCUT2D eigenvalue weighted by Crippen LogP contribution is -2.02. The average molecular weight is 115 g/mol. The third-order valence-electron chi connectivity index (χ3n) is 0.958. The number of hydrogen-bond donors (Lipinski definition) is 0. The molecule has 0 aromatic carbocycles. The van der Waals surface area contributed by atoms with Crippen LogP contribution in [0.25, 0.3) is 0 Å². The maximum atomic E-state index is 9.57. The molecular weight excluding hydrogens is 104 g/mol. The van der Waals surface area contributed by atoms with Gasteiger partial charge >= 0.3 is 0 Å². The van der Waals surface area contributed by atoms with E-state index in [4.69, 9.17) is 5.73 Å². The van der Waals surface area contributed by atoms with Crippen LogP contribution in [0.2, 0.25) is 0 Å². The van der Waals surface area contributed by atoms with Gasteiger partial charge in [0.25, 0.3) is 0 Å². The van der Waals surface area contributed by atoms with E-state index in [2.05, 4.69) is 5.18 Å². The molecule has 0 aliphatic rings. The van der Waals surface area contributed by atoms with E-state index in [1.165, 1.54) is 0 Å². The lowest BCUT2D eigenvalue weighted by molar-refractivity contribution is 0.580. The van der Waals surface area contributed by atoms with Gasteiger partial charge in [0.2, 0.25) is 0 Å². The van der Waals surface area contributed by atoms with Crippen LogP contribution in [0.5, 0.6) is 0 Å². The van der Waals surface area contributed by atoms with Gasteiger partial charge in [0.15, 0.2) is 6.17 Å². The van der Waals surface area contributed by atoms with Crippen LogP contribution in [0.3, 0.4) is 0 Å². The third-order valence-corrected chi connectivity index (χ3v) is 0.958. The molecule has 3 heteroatoms. The fourth-order valence-corrected chi connectivity index (χ4v) is 0.450. The van der Waals surface area contributed by atoms with Gasteiger partial charge in [0.05, 0.1) is 0 Å².